The van der Waals surface area contributed by atoms with Gasteiger partial charge in [-0.25, -0.2) is 0 Å². The van der Waals surface area contributed by atoms with Gasteiger partial charge < -0.3 is 14.2 Å². The zero-order valence-electron chi connectivity index (χ0n) is 14.4. The van der Waals surface area contributed by atoms with Gasteiger partial charge in [0, 0.05) is 43.1 Å². The Morgan fingerprint density at radius 1 is 1.20 bits per heavy atom. The van der Waals surface area contributed by atoms with Gasteiger partial charge in [-0.05, 0) is 42.8 Å². The van der Waals surface area contributed by atoms with Crippen LogP contribution in [0.1, 0.15) is 24.2 Å². The molecule has 4 heterocycles. The van der Waals surface area contributed by atoms with E-state index in [0.29, 0.717) is 0 Å². The van der Waals surface area contributed by atoms with Crippen molar-refractivity contribution in [3.05, 3.63) is 59.9 Å². The molecule has 1 unspecified atom stereocenters. The predicted molar refractivity (Wildman–Crippen MR) is 97.4 cm³/mol. The number of hydrogen-bond acceptors (Lipinski definition) is 4. The number of morpholine rings is 1. The number of aliphatic hydroxyl groups excluding tert-OH is 1. The van der Waals surface area contributed by atoms with Crippen LogP contribution >= 0.6 is 0 Å². The normalized spacial score (nSPS) is 17.0. The van der Waals surface area contributed by atoms with Crippen LogP contribution in [-0.2, 0) is 11.3 Å². The van der Waals surface area contributed by atoms with Crippen LogP contribution in [0, 0.1) is 0 Å². The molecule has 1 saturated heterocycles. The zero-order chi connectivity index (χ0) is 17.2. The quantitative estimate of drug-likeness (QED) is 0.795. The summed E-state index contributed by atoms with van der Waals surface area (Å²) >= 11 is 0. The van der Waals surface area contributed by atoms with Crippen molar-refractivity contribution in [2.45, 2.75) is 19.6 Å². The van der Waals surface area contributed by atoms with Gasteiger partial charge in [-0.2, -0.15) is 0 Å². The van der Waals surface area contributed by atoms with Gasteiger partial charge in [-0.1, -0.05) is 6.07 Å². The second-order valence-corrected chi connectivity index (χ2v) is 6.56. The third-order valence-electron chi connectivity index (χ3n) is 4.74. The van der Waals surface area contributed by atoms with Crippen LogP contribution in [0.25, 0.3) is 16.9 Å². The summed E-state index contributed by atoms with van der Waals surface area (Å²) in [5.41, 5.74) is 5.06. The SMILES string of the molecule is CC(O)c1cc2ccccn2c1-c1cc(CN2CCOCC2)ccn1. The van der Waals surface area contributed by atoms with Crippen LogP contribution in [0.4, 0.5) is 0 Å². The van der Waals surface area contributed by atoms with Gasteiger partial charge in [0.05, 0.1) is 30.7 Å². The number of aliphatic hydroxyl groups is 1. The lowest BCUT2D eigenvalue weighted by Crippen LogP contribution is -2.35. The van der Waals surface area contributed by atoms with Gasteiger partial charge in [0.25, 0.3) is 0 Å². The fourth-order valence-electron chi connectivity index (χ4n) is 3.45. The molecular formula is C20H23N3O2. The molecule has 1 aliphatic heterocycles. The molecule has 5 heteroatoms. The standard InChI is InChI=1S/C20H23N3O2/c1-15(24)18-13-17-4-2-3-7-23(17)20(18)19-12-16(5-6-21-19)14-22-8-10-25-11-9-22/h2-7,12-13,15,24H,8-11,14H2,1H3. The zero-order valence-corrected chi connectivity index (χ0v) is 14.4. The fraction of sp³-hybridized carbons (Fsp3) is 0.350. The van der Waals surface area contributed by atoms with Crippen LogP contribution in [-0.4, -0.2) is 45.7 Å². The molecule has 0 aliphatic carbocycles. The van der Waals surface area contributed by atoms with E-state index in [9.17, 15) is 5.11 Å². The monoisotopic (exact) mass is 337 g/mol. The summed E-state index contributed by atoms with van der Waals surface area (Å²) in [4.78, 5) is 6.99. The van der Waals surface area contributed by atoms with Crippen molar-refractivity contribution in [1.29, 1.82) is 0 Å². The molecule has 1 fully saturated rings. The lowest BCUT2D eigenvalue weighted by molar-refractivity contribution is 0.0342. The summed E-state index contributed by atoms with van der Waals surface area (Å²) in [5.74, 6) is 0. The van der Waals surface area contributed by atoms with E-state index in [-0.39, 0.29) is 0 Å². The molecule has 0 spiro atoms. The second-order valence-electron chi connectivity index (χ2n) is 6.56. The molecule has 3 aromatic heterocycles. The average Bonchev–Trinajstić information content (AvgIpc) is 3.03. The van der Waals surface area contributed by atoms with E-state index in [1.54, 1.807) is 6.92 Å². The third kappa shape index (κ3) is 3.31. The lowest BCUT2D eigenvalue weighted by Gasteiger charge is -2.26. The van der Waals surface area contributed by atoms with E-state index >= 15 is 0 Å². The summed E-state index contributed by atoms with van der Waals surface area (Å²) in [7, 11) is 0. The molecule has 25 heavy (non-hydrogen) atoms. The van der Waals surface area contributed by atoms with E-state index in [4.69, 9.17) is 4.74 Å². The third-order valence-corrected chi connectivity index (χ3v) is 4.74. The smallest absolute Gasteiger partial charge is 0.0877 e. The second kappa shape index (κ2) is 6.96. The first-order valence-electron chi connectivity index (χ1n) is 8.76. The van der Waals surface area contributed by atoms with Gasteiger partial charge >= 0.3 is 0 Å². The highest BCUT2D eigenvalue weighted by Gasteiger charge is 2.18. The first-order chi connectivity index (χ1) is 12.2. The van der Waals surface area contributed by atoms with E-state index in [0.717, 1.165) is 55.3 Å². The Morgan fingerprint density at radius 2 is 2.04 bits per heavy atom. The minimum Gasteiger partial charge on any atom is -0.389 e. The minimum absolute atomic E-state index is 0.542. The molecule has 4 rings (SSSR count). The van der Waals surface area contributed by atoms with Crippen molar-refractivity contribution in [1.82, 2.24) is 14.3 Å². The number of hydrogen-bond donors (Lipinski definition) is 1. The number of fused-ring (bicyclic) bond motifs is 1. The van der Waals surface area contributed by atoms with Crippen LogP contribution in [0.15, 0.2) is 48.8 Å². The van der Waals surface area contributed by atoms with Crippen molar-refractivity contribution in [2.75, 3.05) is 26.3 Å². The number of nitrogens with zero attached hydrogens (tertiary/aromatic N) is 3. The first-order valence-corrected chi connectivity index (χ1v) is 8.76. The number of pyridine rings is 2. The number of rotatable bonds is 4. The highest BCUT2D eigenvalue weighted by Crippen LogP contribution is 2.31. The van der Waals surface area contributed by atoms with Gasteiger partial charge in [0.2, 0.25) is 0 Å². The maximum Gasteiger partial charge on any atom is 0.0877 e. The van der Waals surface area contributed by atoms with E-state index < -0.39 is 6.10 Å². The van der Waals surface area contributed by atoms with Crippen LogP contribution in [0.5, 0.6) is 0 Å². The molecule has 1 aliphatic rings. The molecule has 3 aromatic rings. The molecule has 0 radical (unpaired) electrons. The molecule has 0 bridgehead atoms. The Kier molecular flexibility index (Phi) is 4.53. The Hall–Kier alpha value is -2.21. The number of ether oxygens (including phenoxy) is 1. The van der Waals surface area contributed by atoms with Crippen molar-refractivity contribution in [3.8, 4) is 11.4 Å². The fourth-order valence-corrected chi connectivity index (χ4v) is 3.45. The summed E-state index contributed by atoms with van der Waals surface area (Å²) in [6, 6.07) is 12.3. The van der Waals surface area contributed by atoms with Crippen LogP contribution in [0.2, 0.25) is 0 Å². The molecule has 1 atom stereocenters. The molecule has 0 aromatic carbocycles. The topological polar surface area (TPSA) is 50.0 Å². The molecule has 1 N–H and O–H groups in total. The Balaban J connectivity index is 1.73. The van der Waals surface area contributed by atoms with Gasteiger partial charge in [0.1, 0.15) is 0 Å². The van der Waals surface area contributed by atoms with Crippen molar-refractivity contribution < 1.29 is 9.84 Å². The molecule has 130 valence electrons. The highest BCUT2D eigenvalue weighted by molar-refractivity contribution is 5.70. The maximum absolute atomic E-state index is 10.2. The average molecular weight is 337 g/mol. The van der Waals surface area contributed by atoms with Gasteiger partial charge in [-0.3, -0.25) is 9.88 Å². The Morgan fingerprint density at radius 3 is 2.84 bits per heavy atom. The molecule has 5 nitrogen and oxygen atoms in total. The van der Waals surface area contributed by atoms with Gasteiger partial charge in [0.15, 0.2) is 0 Å². The van der Waals surface area contributed by atoms with E-state index in [1.807, 2.05) is 36.7 Å². The molecule has 0 amide bonds. The Labute approximate surface area is 147 Å². The molecule has 0 saturated carbocycles. The number of aromatic nitrogens is 2. The van der Waals surface area contributed by atoms with Crippen LogP contribution < -0.4 is 0 Å². The molecular weight excluding hydrogens is 314 g/mol. The highest BCUT2D eigenvalue weighted by atomic mass is 16.5. The van der Waals surface area contributed by atoms with Crippen molar-refractivity contribution in [3.63, 3.8) is 0 Å². The summed E-state index contributed by atoms with van der Waals surface area (Å²) in [6.45, 7) is 6.22. The predicted octanol–water partition coefficient (Wildman–Crippen LogP) is 2.89. The maximum atomic E-state index is 10.2. The Bertz CT molecular complexity index is 866. The minimum atomic E-state index is -0.542. The first kappa shape index (κ1) is 16.3. The van der Waals surface area contributed by atoms with Crippen LogP contribution in [0.3, 0.4) is 0 Å². The lowest BCUT2D eigenvalue weighted by atomic mass is 10.1. The summed E-state index contributed by atoms with van der Waals surface area (Å²) in [6.07, 6.45) is 3.34. The largest absolute Gasteiger partial charge is 0.389 e. The summed E-state index contributed by atoms with van der Waals surface area (Å²) in [5, 5.41) is 10.2. The van der Waals surface area contributed by atoms with E-state index in [1.165, 1.54) is 5.56 Å². The van der Waals surface area contributed by atoms with Crippen molar-refractivity contribution in [2.24, 2.45) is 0 Å². The summed E-state index contributed by atoms with van der Waals surface area (Å²) < 4.78 is 7.53. The van der Waals surface area contributed by atoms with E-state index in [2.05, 4.69) is 26.4 Å². The van der Waals surface area contributed by atoms with Crippen molar-refractivity contribution >= 4 is 5.52 Å². The van der Waals surface area contributed by atoms with Gasteiger partial charge in [-0.15, -0.1) is 0 Å².